The largest absolute Gasteiger partial charge is 0.586 e. The van der Waals surface area contributed by atoms with Crippen LogP contribution >= 0.6 is 11.3 Å². The lowest BCUT2D eigenvalue weighted by molar-refractivity contribution is -0.286. The number of alkyl halides is 2. The van der Waals surface area contributed by atoms with E-state index in [1.807, 2.05) is 11.4 Å². The number of nitrogens with one attached hydrogen (secondary N) is 1. The van der Waals surface area contributed by atoms with E-state index < -0.39 is 6.29 Å². The SMILES string of the molecule is O=C(CNc1ccc2c(c1)OC(F)(F)O2)N1CCN(C(=O)c2cccs2)CC1. The summed E-state index contributed by atoms with van der Waals surface area (Å²) in [5, 5.41) is 4.76. The molecule has 0 bridgehead atoms. The van der Waals surface area contributed by atoms with Crippen LogP contribution in [0.4, 0.5) is 14.5 Å². The van der Waals surface area contributed by atoms with Crippen LogP contribution in [-0.4, -0.2) is 60.6 Å². The van der Waals surface area contributed by atoms with Crippen molar-refractivity contribution < 1.29 is 27.8 Å². The van der Waals surface area contributed by atoms with Crippen LogP contribution in [-0.2, 0) is 4.79 Å². The Morgan fingerprint density at radius 2 is 1.79 bits per heavy atom. The van der Waals surface area contributed by atoms with Gasteiger partial charge in [0.2, 0.25) is 5.91 Å². The van der Waals surface area contributed by atoms with Crippen molar-refractivity contribution in [3.63, 3.8) is 0 Å². The van der Waals surface area contributed by atoms with Gasteiger partial charge in [-0.2, -0.15) is 0 Å². The van der Waals surface area contributed by atoms with Crippen LogP contribution in [0.2, 0.25) is 0 Å². The number of amides is 2. The van der Waals surface area contributed by atoms with Gasteiger partial charge in [0.05, 0.1) is 11.4 Å². The second-order valence-electron chi connectivity index (χ2n) is 6.33. The average Bonchev–Trinajstić information content (AvgIpc) is 3.31. The highest BCUT2D eigenvalue weighted by atomic mass is 32.1. The molecule has 148 valence electrons. The van der Waals surface area contributed by atoms with Gasteiger partial charge in [-0.25, -0.2) is 0 Å². The summed E-state index contributed by atoms with van der Waals surface area (Å²) in [5.74, 6) is -0.278. The lowest BCUT2D eigenvalue weighted by atomic mass is 10.2. The van der Waals surface area contributed by atoms with E-state index in [0.29, 0.717) is 36.7 Å². The van der Waals surface area contributed by atoms with E-state index in [9.17, 15) is 18.4 Å². The Labute approximate surface area is 163 Å². The van der Waals surface area contributed by atoms with Crippen LogP contribution in [0.15, 0.2) is 35.7 Å². The summed E-state index contributed by atoms with van der Waals surface area (Å²) in [6.45, 7) is 1.86. The van der Waals surface area contributed by atoms with E-state index in [1.54, 1.807) is 15.9 Å². The molecule has 10 heteroatoms. The highest BCUT2D eigenvalue weighted by Gasteiger charge is 2.43. The second kappa shape index (κ2) is 7.27. The lowest BCUT2D eigenvalue weighted by Crippen LogP contribution is -2.51. The molecular formula is C18H17F2N3O4S. The molecule has 1 aromatic heterocycles. The molecule has 0 unspecified atom stereocenters. The van der Waals surface area contributed by atoms with Crippen molar-refractivity contribution in [1.82, 2.24) is 9.80 Å². The van der Waals surface area contributed by atoms with Crippen molar-refractivity contribution in [3.8, 4) is 11.5 Å². The fraction of sp³-hybridized carbons (Fsp3) is 0.333. The van der Waals surface area contributed by atoms with Crippen LogP contribution in [0.5, 0.6) is 11.5 Å². The molecule has 0 radical (unpaired) electrons. The van der Waals surface area contributed by atoms with E-state index >= 15 is 0 Å². The summed E-state index contributed by atoms with van der Waals surface area (Å²) in [4.78, 5) is 28.8. The second-order valence-corrected chi connectivity index (χ2v) is 7.28. The van der Waals surface area contributed by atoms with Crippen molar-refractivity contribution in [2.75, 3.05) is 38.0 Å². The van der Waals surface area contributed by atoms with Crippen LogP contribution in [0.1, 0.15) is 9.67 Å². The molecule has 7 nitrogen and oxygen atoms in total. The molecule has 3 heterocycles. The molecule has 1 N–H and O–H groups in total. The zero-order valence-corrected chi connectivity index (χ0v) is 15.5. The van der Waals surface area contributed by atoms with E-state index in [0.717, 1.165) is 0 Å². The number of fused-ring (bicyclic) bond motifs is 1. The monoisotopic (exact) mass is 409 g/mol. The maximum atomic E-state index is 13.1. The number of rotatable bonds is 4. The number of hydrogen-bond donors (Lipinski definition) is 1. The molecule has 2 aliphatic heterocycles. The van der Waals surface area contributed by atoms with Gasteiger partial charge in [-0.05, 0) is 23.6 Å². The predicted molar refractivity (Wildman–Crippen MR) is 97.9 cm³/mol. The van der Waals surface area contributed by atoms with Gasteiger partial charge < -0.3 is 24.6 Å². The van der Waals surface area contributed by atoms with Gasteiger partial charge in [-0.1, -0.05) is 6.07 Å². The van der Waals surface area contributed by atoms with Crippen LogP contribution in [0.3, 0.4) is 0 Å². The Hall–Kier alpha value is -2.88. The minimum absolute atomic E-state index is 0.00884. The molecule has 0 aliphatic carbocycles. The molecular weight excluding hydrogens is 392 g/mol. The molecule has 0 atom stereocenters. The topological polar surface area (TPSA) is 71.1 Å². The van der Waals surface area contributed by atoms with Crippen LogP contribution in [0, 0.1) is 0 Å². The number of nitrogens with zero attached hydrogens (tertiary/aromatic N) is 2. The Morgan fingerprint density at radius 3 is 2.50 bits per heavy atom. The third-order valence-corrected chi connectivity index (χ3v) is 5.35. The predicted octanol–water partition coefficient (Wildman–Crippen LogP) is 2.47. The van der Waals surface area contributed by atoms with E-state index in [-0.39, 0.29) is 29.9 Å². The van der Waals surface area contributed by atoms with Gasteiger partial charge in [0.25, 0.3) is 5.91 Å². The van der Waals surface area contributed by atoms with Gasteiger partial charge >= 0.3 is 6.29 Å². The first-order chi connectivity index (χ1) is 13.4. The van der Waals surface area contributed by atoms with Gasteiger partial charge in [-0.15, -0.1) is 20.1 Å². The van der Waals surface area contributed by atoms with E-state index in [1.165, 1.54) is 29.5 Å². The Balaban J connectivity index is 1.27. The van der Waals surface area contributed by atoms with Crippen molar-refractivity contribution in [2.45, 2.75) is 6.29 Å². The zero-order chi connectivity index (χ0) is 19.7. The standard InChI is InChI=1S/C18H17F2N3O4S/c19-18(20)26-13-4-3-12(10-14(13)27-18)21-11-16(24)22-5-7-23(8-6-22)17(25)15-2-1-9-28-15/h1-4,9-10,21H,5-8,11H2. The summed E-state index contributed by atoms with van der Waals surface area (Å²) in [7, 11) is 0. The van der Waals surface area contributed by atoms with Gasteiger partial charge in [-0.3, -0.25) is 9.59 Å². The number of thiophene rings is 1. The average molecular weight is 409 g/mol. The van der Waals surface area contributed by atoms with Crippen LogP contribution in [0.25, 0.3) is 0 Å². The minimum atomic E-state index is -3.67. The lowest BCUT2D eigenvalue weighted by Gasteiger charge is -2.34. The number of ether oxygens (including phenoxy) is 2. The molecule has 28 heavy (non-hydrogen) atoms. The third-order valence-electron chi connectivity index (χ3n) is 4.50. The maximum absolute atomic E-state index is 13.1. The van der Waals surface area contributed by atoms with E-state index in [2.05, 4.69) is 14.8 Å². The summed E-state index contributed by atoms with van der Waals surface area (Å²) in [6.07, 6.45) is -3.67. The molecule has 2 aromatic rings. The number of benzene rings is 1. The number of carbonyl (C=O) groups is 2. The van der Waals surface area contributed by atoms with Gasteiger partial charge in [0.1, 0.15) is 0 Å². The van der Waals surface area contributed by atoms with Crippen molar-refractivity contribution >= 4 is 28.8 Å². The van der Waals surface area contributed by atoms with Gasteiger partial charge in [0, 0.05) is 37.9 Å². The molecule has 4 rings (SSSR count). The van der Waals surface area contributed by atoms with E-state index in [4.69, 9.17) is 0 Å². The molecule has 1 saturated heterocycles. The number of piperazine rings is 1. The molecule has 1 fully saturated rings. The summed E-state index contributed by atoms with van der Waals surface area (Å²) >= 11 is 1.40. The number of hydrogen-bond acceptors (Lipinski definition) is 6. The smallest absolute Gasteiger partial charge is 0.395 e. The van der Waals surface area contributed by atoms with Crippen LogP contribution < -0.4 is 14.8 Å². The quantitative estimate of drug-likeness (QED) is 0.840. The first kappa shape index (κ1) is 18.5. The molecule has 2 aliphatic rings. The molecule has 0 spiro atoms. The zero-order valence-electron chi connectivity index (χ0n) is 14.7. The minimum Gasteiger partial charge on any atom is -0.395 e. The fourth-order valence-corrected chi connectivity index (χ4v) is 3.75. The number of carbonyl (C=O) groups excluding carboxylic acids is 2. The highest BCUT2D eigenvalue weighted by molar-refractivity contribution is 7.12. The summed E-state index contributed by atoms with van der Waals surface area (Å²) in [5.41, 5.74) is 0.472. The first-order valence-electron chi connectivity index (χ1n) is 8.66. The van der Waals surface area contributed by atoms with Gasteiger partial charge in [0.15, 0.2) is 11.5 Å². The van der Waals surface area contributed by atoms with Crippen molar-refractivity contribution in [2.24, 2.45) is 0 Å². The Morgan fingerprint density at radius 1 is 1.07 bits per heavy atom. The maximum Gasteiger partial charge on any atom is 0.586 e. The van der Waals surface area contributed by atoms with Crippen molar-refractivity contribution in [1.29, 1.82) is 0 Å². The molecule has 2 amide bonds. The fourth-order valence-electron chi connectivity index (χ4n) is 3.06. The Bertz CT molecular complexity index is 883. The number of halogens is 2. The Kier molecular flexibility index (Phi) is 4.80. The highest BCUT2D eigenvalue weighted by Crippen LogP contribution is 2.42. The number of anilines is 1. The summed E-state index contributed by atoms with van der Waals surface area (Å²) < 4.78 is 34.8. The molecule has 0 saturated carbocycles. The molecule has 1 aromatic carbocycles. The third kappa shape index (κ3) is 3.86. The van der Waals surface area contributed by atoms with Crippen molar-refractivity contribution in [3.05, 3.63) is 40.6 Å². The first-order valence-corrected chi connectivity index (χ1v) is 9.53. The normalized spacial score (nSPS) is 17.5. The summed E-state index contributed by atoms with van der Waals surface area (Å²) in [6, 6.07) is 7.88.